The molecule has 2 heterocycles. The van der Waals surface area contributed by atoms with Crippen molar-refractivity contribution in [1.82, 2.24) is 9.21 Å². The maximum Gasteiger partial charge on any atom is 0.243 e. The summed E-state index contributed by atoms with van der Waals surface area (Å²) >= 11 is 0. The van der Waals surface area contributed by atoms with E-state index in [1.807, 2.05) is 30.9 Å². The predicted molar refractivity (Wildman–Crippen MR) is 113 cm³/mol. The molecule has 2 N–H and O–H groups in total. The van der Waals surface area contributed by atoms with Crippen molar-refractivity contribution in [3.63, 3.8) is 0 Å². The first-order valence-electron chi connectivity index (χ1n) is 9.82. The number of rotatable bonds is 4. The highest BCUT2D eigenvalue weighted by Gasteiger charge is 2.38. The molecule has 158 valence electrons. The number of halogens is 1. The zero-order chi connectivity index (χ0) is 19.8. The van der Waals surface area contributed by atoms with Crippen molar-refractivity contribution >= 4 is 28.3 Å². The largest absolute Gasteiger partial charge is 0.339 e. The van der Waals surface area contributed by atoms with Crippen LogP contribution in [0.3, 0.4) is 0 Å². The van der Waals surface area contributed by atoms with E-state index in [1.54, 1.807) is 6.07 Å². The van der Waals surface area contributed by atoms with Crippen molar-refractivity contribution < 1.29 is 13.2 Å². The highest BCUT2D eigenvalue weighted by Crippen LogP contribution is 2.30. The zero-order valence-electron chi connectivity index (χ0n) is 16.9. The van der Waals surface area contributed by atoms with Crippen LogP contribution < -0.4 is 5.73 Å². The molecule has 2 aliphatic heterocycles. The minimum absolute atomic E-state index is 0. The summed E-state index contributed by atoms with van der Waals surface area (Å²) in [4.78, 5) is 15.2. The van der Waals surface area contributed by atoms with E-state index in [-0.39, 0.29) is 30.3 Å². The number of hydrogen-bond donors (Lipinski definition) is 1. The van der Waals surface area contributed by atoms with Gasteiger partial charge in [0.2, 0.25) is 15.9 Å². The smallest absolute Gasteiger partial charge is 0.243 e. The lowest BCUT2D eigenvalue weighted by atomic mass is 9.96. The van der Waals surface area contributed by atoms with Gasteiger partial charge in [0.15, 0.2) is 0 Å². The Kier molecular flexibility index (Phi) is 7.53. The maximum atomic E-state index is 13.0. The van der Waals surface area contributed by atoms with E-state index in [2.05, 4.69) is 6.92 Å². The molecule has 6 nitrogen and oxygen atoms in total. The summed E-state index contributed by atoms with van der Waals surface area (Å²) in [5.74, 6) is 0.463. The Morgan fingerprint density at radius 1 is 1.21 bits per heavy atom. The number of nitrogens with two attached hydrogens (primary N) is 1. The number of likely N-dealkylation sites (tertiary alicyclic amines) is 1. The Bertz CT molecular complexity index is 807. The van der Waals surface area contributed by atoms with Gasteiger partial charge in [0.25, 0.3) is 0 Å². The highest BCUT2D eigenvalue weighted by atomic mass is 35.5. The van der Waals surface area contributed by atoms with Gasteiger partial charge in [-0.15, -0.1) is 12.4 Å². The summed E-state index contributed by atoms with van der Waals surface area (Å²) in [7, 11) is -3.51. The van der Waals surface area contributed by atoms with E-state index in [0.29, 0.717) is 43.3 Å². The number of carbonyl (C=O) groups excluding carboxylic acids is 1. The Labute approximate surface area is 174 Å². The van der Waals surface area contributed by atoms with Gasteiger partial charge in [-0.05, 0) is 64.1 Å². The third-order valence-corrected chi connectivity index (χ3v) is 8.09. The molecule has 2 unspecified atom stereocenters. The molecule has 0 saturated carbocycles. The fourth-order valence-corrected chi connectivity index (χ4v) is 6.10. The molecule has 2 atom stereocenters. The minimum Gasteiger partial charge on any atom is -0.339 e. The topological polar surface area (TPSA) is 83.7 Å². The molecule has 1 amide bonds. The van der Waals surface area contributed by atoms with Crippen LogP contribution in [0.1, 0.15) is 37.3 Å². The number of sulfonamides is 1. The monoisotopic (exact) mass is 429 g/mol. The lowest BCUT2D eigenvalue weighted by Crippen LogP contribution is -2.45. The quantitative estimate of drug-likeness (QED) is 0.796. The van der Waals surface area contributed by atoms with Crippen LogP contribution in [0.2, 0.25) is 0 Å². The summed E-state index contributed by atoms with van der Waals surface area (Å²) in [5.41, 5.74) is 7.59. The maximum absolute atomic E-state index is 13.0. The highest BCUT2D eigenvalue weighted by molar-refractivity contribution is 7.89. The number of benzene rings is 1. The molecule has 2 aliphatic rings. The zero-order valence-corrected chi connectivity index (χ0v) is 18.6. The Hall–Kier alpha value is -1.15. The lowest BCUT2D eigenvalue weighted by molar-refractivity contribution is -0.137. The van der Waals surface area contributed by atoms with Crippen molar-refractivity contribution in [1.29, 1.82) is 0 Å². The summed E-state index contributed by atoms with van der Waals surface area (Å²) < 4.78 is 27.5. The van der Waals surface area contributed by atoms with Gasteiger partial charge in [-0.3, -0.25) is 4.79 Å². The second-order valence-corrected chi connectivity index (χ2v) is 10.0. The van der Waals surface area contributed by atoms with Gasteiger partial charge in [-0.1, -0.05) is 17.7 Å². The normalized spacial score (nSPS) is 24.2. The predicted octanol–water partition coefficient (Wildman–Crippen LogP) is 2.32. The van der Waals surface area contributed by atoms with Crippen molar-refractivity contribution in [2.75, 3.05) is 26.2 Å². The molecule has 8 heteroatoms. The van der Waals surface area contributed by atoms with Gasteiger partial charge >= 0.3 is 0 Å². The average molecular weight is 430 g/mol. The molecule has 0 spiro atoms. The van der Waals surface area contributed by atoms with Crippen LogP contribution in [-0.2, 0) is 14.8 Å². The number of hydrogen-bond acceptors (Lipinski definition) is 4. The molecular formula is C20H32ClN3O3S. The lowest BCUT2D eigenvalue weighted by Gasteiger charge is -2.34. The van der Waals surface area contributed by atoms with Gasteiger partial charge < -0.3 is 10.6 Å². The molecule has 1 aromatic rings. The van der Waals surface area contributed by atoms with Crippen LogP contribution in [0.5, 0.6) is 0 Å². The fourth-order valence-electron chi connectivity index (χ4n) is 4.43. The number of amides is 1. The molecule has 0 aliphatic carbocycles. The Morgan fingerprint density at radius 3 is 2.39 bits per heavy atom. The SMILES string of the molecule is Cc1ccc(S(=O)(=O)N2CCC(C(=O)N3CC(CN)CC3C)CC2)c(C)c1.Cl. The van der Waals surface area contributed by atoms with Crippen molar-refractivity contribution in [2.24, 2.45) is 17.6 Å². The first-order chi connectivity index (χ1) is 12.7. The Balaban J connectivity index is 0.00000280. The van der Waals surface area contributed by atoms with Crippen molar-refractivity contribution in [3.8, 4) is 0 Å². The second-order valence-electron chi connectivity index (χ2n) is 8.12. The molecular weight excluding hydrogens is 398 g/mol. The van der Waals surface area contributed by atoms with Crippen LogP contribution in [0, 0.1) is 25.7 Å². The molecule has 2 fully saturated rings. The van der Waals surface area contributed by atoms with Crippen LogP contribution in [-0.4, -0.2) is 55.8 Å². The van der Waals surface area contributed by atoms with E-state index >= 15 is 0 Å². The summed E-state index contributed by atoms with van der Waals surface area (Å²) in [6.45, 7) is 8.00. The summed E-state index contributed by atoms with van der Waals surface area (Å²) in [6, 6.07) is 5.64. The van der Waals surface area contributed by atoms with Crippen LogP contribution in [0.4, 0.5) is 0 Å². The van der Waals surface area contributed by atoms with Gasteiger partial charge in [0, 0.05) is 31.6 Å². The number of carbonyl (C=O) groups is 1. The van der Waals surface area contributed by atoms with E-state index < -0.39 is 10.0 Å². The number of piperidine rings is 1. The third-order valence-electron chi connectivity index (χ3n) is 6.03. The molecule has 28 heavy (non-hydrogen) atoms. The number of nitrogens with zero attached hydrogens (tertiary/aromatic N) is 2. The van der Waals surface area contributed by atoms with Crippen LogP contribution in [0.15, 0.2) is 23.1 Å². The summed E-state index contributed by atoms with van der Waals surface area (Å²) in [5, 5.41) is 0. The van der Waals surface area contributed by atoms with Gasteiger partial charge in [-0.2, -0.15) is 4.31 Å². The molecule has 0 radical (unpaired) electrons. The van der Waals surface area contributed by atoms with E-state index in [1.165, 1.54) is 4.31 Å². The molecule has 0 bridgehead atoms. The number of aryl methyl sites for hydroxylation is 2. The van der Waals surface area contributed by atoms with E-state index in [4.69, 9.17) is 5.73 Å². The van der Waals surface area contributed by atoms with Crippen molar-refractivity contribution in [2.45, 2.75) is 51.0 Å². The second kappa shape index (κ2) is 9.11. The molecule has 3 rings (SSSR count). The van der Waals surface area contributed by atoms with Gasteiger partial charge in [-0.25, -0.2) is 8.42 Å². The van der Waals surface area contributed by atoms with Crippen LogP contribution >= 0.6 is 12.4 Å². The average Bonchev–Trinajstić information content (AvgIpc) is 3.02. The molecule has 1 aromatic carbocycles. The van der Waals surface area contributed by atoms with E-state index in [0.717, 1.165) is 24.1 Å². The minimum atomic E-state index is -3.51. The van der Waals surface area contributed by atoms with Crippen LogP contribution in [0.25, 0.3) is 0 Å². The summed E-state index contributed by atoms with van der Waals surface area (Å²) in [6.07, 6.45) is 2.13. The Morgan fingerprint density at radius 2 is 1.86 bits per heavy atom. The third kappa shape index (κ3) is 4.53. The standard InChI is InChI=1S/C20H31N3O3S.ClH/c1-14-4-5-19(15(2)10-14)27(25,26)22-8-6-18(7-9-22)20(24)23-13-17(12-21)11-16(23)3;/h4-5,10,16-18H,6-9,11-13,21H2,1-3H3;1H. The molecule has 0 aromatic heterocycles. The van der Waals surface area contributed by atoms with Crippen molar-refractivity contribution in [3.05, 3.63) is 29.3 Å². The van der Waals surface area contributed by atoms with Gasteiger partial charge in [0.1, 0.15) is 0 Å². The van der Waals surface area contributed by atoms with E-state index in [9.17, 15) is 13.2 Å². The first kappa shape index (κ1) is 23.1. The van der Waals surface area contributed by atoms with Gasteiger partial charge in [0.05, 0.1) is 4.90 Å². The molecule has 2 saturated heterocycles. The fraction of sp³-hybridized carbons (Fsp3) is 0.650. The first-order valence-corrected chi connectivity index (χ1v) is 11.3.